The zero-order valence-electron chi connectivity index (χ0n) is 14.4. The summed E-state index contributed by atoms with van der Waals surface area (Å²) in [5.74, 6) is -1.40. The predicted molar refractivity (Wildman–Crippen MR) is 94.7 cm³/mol. The lowest BCUT2D eigenvalue weighted by molar-refractivity contribution is -0.127. The molecule has 2 amide bonds. The molecule has 0 aliphatic heterocycles. The number of thiophene rings is 1. The molecule has 0 spiro atoms. The van der Waals surface area contributed by atoms with E-state index in [0.717, 1.165) is 11.4 Å². The predicted octanol–water partition coefficient (Wildman–Crippen LogP) is 1.23. The molecule has 7 nitrogen and oxygen atoms in total. The van der Waals surface area contributed by atoms with Crippen molar-refractivity contribution < 1.29 is 19.1 Å². The Balaban J connectivity index is 1.95. The molecule has 8 heteroatoms. The Morgan fingerprint density at radius 2 is 2.00 bits per heavy atom. The Kier molecular flexibility index (Phi) is 6.35. The lowest BCUT2D eigenvalue weighted by atomic mass is 10.2. The molecule has 0 aromatic carbocycles. The van der Waals surface area contributed by atoms with Crippen molar-refractivity contribution in [3.05, 3.63) is 45.4 Å². The number of hydrogen-bond acceptors (Lipinski definition) is 5. The van der Waals surface area contributed by atoms with Gasteiger partial charge in [-0.25, -0.2) is 4.79 Å². The van der Waals surface area contributed by atoms with Crippen LogP contribution in [0.25, 0.3) is 0 Å². The van der Waals surface area contributed by atoms with Crippen LogP contribution in [0.3, 0.4) is 0 Å². The molecule has 25 heavy (non-hydrogen) atoms. The van der Waals surface area contributed by atoms with Crippen molar-refractivity contribution in [1.29, 1.82) is 0 Å². The molecule has 0 aliphatic rings. The molecular formula is C17H21N3O4S. The van der Waals surface area contributed by atoms with Crippen LogP contribution >= 0.6 is 11.3 Å². The van der Waals surface area contributed by atoms with Gasteiger partial charge in [-0.15, -0.1) is 11.3 Å². The Hall–Kier alpha value is -2.61. The van der Waals surface area contributed by atoms with Crippen LogP contribution < -0.4 is 10.6 Å². The molecule has 0 saturated heterocycles. The minimum atomic E-state index is -0.555. The first-order chi connectivity index (χ1) is 11.9. The normalized spacial score (nSPS) is 10.4. The van der Waals surface area contributed by atoms with Crippen molar-refractivity contribution in [1.82, 2.24) is 15.2 Å². The van der Waals surface area contributed by atoms with Crippen LogP contribution in [0.15, 0.2) is 23.6 Å². The highest BCUT2D eigenvalue weighted by atomic mass is 32.1. The molecule has 134 valence electrons. The fraction of sp³-hybridized carbons (Fsp3) is 0.353. The van der Waals surface area contributed by atoms with E-state index in [2.05, 4.69) is 10.6 Å². The van der Waals surface area contributed by atoms with Crippen molar-refractivity contribution in [3.63, 3.8) is 0 Å². The number of hydrogen-bond donors (Lipinski definition) is 2. The highest BCUT2D eigenvalue weighted by Crippen LogP contribution is 2.19. The first kappa shape index (κ1) is 18.7. The summed E-state index contributed by atoms with van der Waals surface area (Å²) >= 11 is 1.65. The lowest BCUT2D eigenvalue weighted by Gasteiger charge is -2.09. The number of nitrogens with one attached hydrogen (secondary N) is 2. The fourth-order valence-corrected chi connectivity index (χ4v) is 3.03. The van der Waals surface area contributed by atoms with E-state index in [1.165, 1.54) is 11.9 Å². The fourth-order valence-electron chi connectivity index (χ4n) is 2.34. The summed E-state index contributed by atoms with van der Waals surface area (Å²) in [5, 5.41) is 6.76. The minimum Gasteiger partial charge on any atom is -0.452 e. The van der Waals surface area contributed by atoms with Crippen LogP contribution in [-0.4, -0.2) is 42.6 Å². The zero-order valence-corrected chi connectivity index (χ0v) is 15.2. The van der Waals surface area contributed by atoms with E-state index < -0.39 is 18.5 Å². The third-order valence-corrected chi connectivity index (χ3v) is 4.61. The lowest BCUT2D eigenvalue weighted by Crippen LogP contribution is -2.37. The van der Waals surface area contributed by atoms with Gasteiger partial charge in [0.05, 0.1) is 18.7 Å². The summed E-state index contributed by atoms with van der Waals surface area (Å²) in [4.78, 5) is 36.1. The van der Waals surface area contributed by atoms with Gasteiger partial charge in [-0.3, -0.25) is 9.59 Å². The van der Waals surface area contributed by atoms with E-state index in [1.54, 1.807) is 17.4 Å². The van der Waals surface area contributed by atoms with Gasteiger partial charge in [-0.1, -0.05) is 6.07 Å². The van der Waals surface area contributed by atoms with E-state index in [9.17, 15) is 14.4 Å². The van der Waals surface area contributed by atoms with Crippen LogP contribution in [-0.2, 0) is 20.9 Å². The first-order valence-electron chi connectivity index (χ1n) is 7.76. The van der Waals surface area contributed by atoms with E-state index in [0.29, 0.717) is 12.1 Å². The Morgan fingerprint density at radius 1 is 1.24 bits per heavy atom. The van der Waals surface area contributed by atoms with Crippen LogP contribution in [0.2, 0.25) is 0 Å². The number of amides is 2. The number of likely N-dealkylation sites (N-methyl/N-ethyl adjacent to an activating group) is 1. The molecule has 0 radical (unpaired) electrons. The summed E-state index contributed by atoms with van der Waals surface area (Å²) in [7, 11) is 1.47. The van der Waals surface area contributed by atoms with Crippen molar-refractivity contribution in [2.75, 3.05) is 20.2 Å². The van der Waals surface area contributed by atoms with Gasteiger partial charge in [-0.2, -0.15) is 0 Å². The molecule has 0 saturated carbocycles. The van der Waals surface area contributed by atoms with E-state index in [4.69, 9.17) is 4.74 Å². The van der Waals surface area contributed by atoms with Crippen LogP contribution in [0.1, 0.15) is 26.6 Å². The highest BCUT2D eigenvalue weighted by molar-refractivity contribution is 7.09. The van der Waals surface area contributed by atoms with Gasteiger partial charge in [0, 0.05) is 23.3 Å². The van der Waals surface area contributed by atoms with Crippen LogP contribution in [0.5, 0.6) is 0 Å². The topological polar surface area (TPSA) is 89.4 Å². The van der Waals surface area contributed by atoms with E-state index in [-0.39, 0.29) is 12.5 Å². The number of aryl methyl sites for hydroxylation is 1. The average molecular weight is 363 g/mol. The number of ether oxygens (including phenoxy) is 1. The maximum Gasteiger partial charge on any atom is 0.340 e. The third-order valence-electron chi connectivity index (χ3n) is 3.75. The second-order valence-electron chi connectivity index (χ2n) is 5.48. The van der Waals surface area contributed by atoms with E-state index >= 15 is 0 Å². The van der Waals surface area contributed by atoms with Gasteiger partial charge in [0.15, 0.2) is 6.61 Å². The quantitative estimate of drug-likeness (QED) is 0.724. The maximum absolute atomic E-state index is 12.2. The summed E-state index contributed by atoms with van der Waals surface area (Å²) < 4.78 is 7.08. The van der Waals surface area contributed by atoms with Crippen molar-refractivity contribution in [2.24, 2.45) is 0 Å². The zero-order chi connectivity index (χ0) is 18.4. The Morgan fingerprint density at radius 3 is 2.64 bits per heavy atom. The SMILES string of the molecule is CNC(=O)CNC(=O)COC(=O)c1cc(C)n(Cc2cccs2)c1C. The highest BCUT2D eigenvalue weighted by Gasteiger charge is 2.18. The van der Waals surface area contributed by atoms with Crippen molar-refractivity contribution >= 4 is 29.1 Å². The molecule has 0 aliphatic carbocycles. The average Bonchev–Trinajstić information content (AvgIpc) is 3.21. The largest absolute Gasteiger partial charge is 0.452 e. The molecular weight excluding hydrogens is 342 g/mol. The summed E-state index contributed by atoms with van der Waals surface area (Å²) in [6.45, 7) is 3.89. The Bertz CT molecular complexity index is 765. The molecule has 0 bridgehead atoms. The molecule has 2 heterocycles. The second-order valence-corrected chi connectivity index (χ2v) is 6.51. The van der Waals surface area contributed by atoms with Gasteiger partial charge in [0.2, 0.25) is 5.91 Å². The number of rotatable bonds is 7. The molecule has 2 rings (SSSR count). The standard InChI is InChI=1S/C17H21N3O4S/c1-11-7-14(12(2)20(11)9-13-5-4-6-25-13)17(23)24-10-16(22)19-8-15(21)18-3/h4-7H,8-10H2,1-3H3,(H,18,21)(H,19,22). The number of carbonyl (C=O) groups is 3. The monoisotopic (exact) mass is 363 g/mol. The number of aromatic nitrogens is 1. The summed E-state index contributed by atoms with van der Waals surface area (Å²) in [6, 6.07) is 5.78. The Labute approximate surface area is 150 Å². The van der Waals surface area contributed by atoms with Crippen molar-refractivity contribution in [3.8, 4) is 0 Å². The van der Waals surface area contributed by atoms with Crippen LogP contribution in [0, 0.1) is 13.8 Å². The molecule has 0 atom stereocenters. The van der Waals surface area contributed by atoms with Gasteiger partial charge < -0.3 is 19.9 Å². The van der Waals surface area contributed by atoms with E-state index in [1.807, 2.05) is 35.9 Å². The number of nitrogens with zero attached hydrogens (tertiary/aromatic N) is 1. The number of carbonyl (C=O) groups excluding carboxylic acids is 3. The first-order valence-corrected chi connectivity index (χ1v) is 8.63. The van der Waals surface area contributed by atoms with Crippen molar-refractivity contribution in [2.45, 2.75) is 20.4 Å². The second kappa shape index (κ2) is 8.48. The maximum atomic E-state index is 12.2. The van der Waals surface area contributed by atoms with Crippen LogP contribution in [0.4, 0.5) is 0 Å². The molecule has 0 unspecified atom stereocenters. The number of esters is 1. The minimum absolute atomic E-state index is 0.151. The smallest absolute Gasteiger partial charge is 0.340 e. The van der Waals surface area contributed by atoms with Gasteiger partial charge >= 0.3 is 5.97 Å². The molecule has 2 aromatic heterocycles. The molecule has 2 N–H and O–H groups in total. The molecule has 2 aromatic rings. The van der Waals surface area contributed by atoms with Gasteiger partial charge in [0.1, 0.15) is 0 Å². The van der Waals surface area contributed by atoms with Gasteiger partial charge in [0.25, 0.3) is 5.91 Å². The summed E-state index contributed by atoms with van der Waals surface area (Å²) in [5.41, 5.74) is 2.18. The molecule has 0 fully saturated rings. The van der Waals surface area contributed by atoms with Gasteiger partial charge in [-0.05, 0) is 31.4 Å². The third kappa shape index (κ3) is 4.93. The summed E-state index contributed by atoms with van der Waals surface area (Å²) in [6.07, 6.45) is 0.